The second-order valence-corrected chi connectivity index (χ2v) is 4.86. The first-order valence-corrected chi connectivity index (χ1v) is 5.73. The van der Waals surface area contributed by atoms with Gasteiger partial charge in [-0.1, -0.05) is 18.5 Å². The Kier molecular flexibility index (Phi) is 4.17. The van der Waals surface area contributed by atoms with Crippen LogP contribution in [0.3, 0.4) is 0 Å². The van der Waals surface area contributed by atoms with Crippen molar-refractivity contribution in [3.8, 4) is 0 Å². The van der Waals surface area contributed by atoms with Crippen LogP contribution < -0.4 is 5.73 Å². The average Bonchev–Trinajstić information content (AvgIpc) is 2.31. The predicted octanol–water partition coefficient (Wildman–Crippen LogP) is 2.30. The van der Waals surface area contributed by atoms with Crippen molar-refractivity contribution in [3.05, 3.63) is 16.4 Å². The molecule has 0 bridgehead atoms. The molecule has 3 nitrogen and oxygen atoms in total. The first-order valence-electron chi connectivity index (χ1n) is 5.35. The van der Waals surface area contributed by atoms with Crippen molar-refractivity contribution in [2.45, 2.75) is 39.7 Å². The van der Waals surface area contributed by atoms with Crippen molar-refractivity contribution in [1.82, 2.24) is 9.78 Å². The van der Waals surface area contributed by atoms with E-state index in [1.165, 1.54) is 0 Å². The molecule has 0 radical (unpaired) electrons. The molecule has 4 heteroatoms. The zero-order valence-electron chi connectivity index (χ0n) is 9.92. The lowest BCUT2D eigenvalue weighted by Crippen LogP contribution is -2.19. The molecule has 0 amide bonds. The Morgan fingerprint density at radius 2 is 2.07 bits per heavy atom. The number of aryl methyl sites for hydroxylation is 2. The molecule has 0 spiro atoms. The highest BCUT2D eigenvalue weighted by Gasteiger charge is 2.15. The van der Waals surface area contributed by atoms with Gasteiger partial charge in [0.15, 0.2) is 0 Å². The molecule has 1 aromatic heterocycles. The van der Waals surface area contributed by atoms with E-state index in [2.05, 4.69) is 12.0 Å². The lowest BCUT2D eigenvalue weighted by molar-refractivity contribution is 0.479. The number of nitrogens with zero attached hydrogens (tertiary/aromatic N) is 2. The summed E-state index contributed by atoms with van der Waals surface area (Å²) >= 11 is 6.16. The van der Waals surface area contributed by atoms with E-state index in [1.807, 2.05) is 20.9 Å². The molecule has 1 rings (SSSR count). The molecule has 86 valence electrons. The van der Waals surface area contributed by atoms with E-state index in [1.54, 1.807) is 4.68 Å². The minimum Gasteiger partial charge on any atom is -0.328 e. The fraction of sp³-hybridized carbons (Fsp3) is 0.727. The van der Waals surface area contributed by atoms with Gasteiger partial charge in [-0.25, -0.2) is 0 Å². The van der Waals surface area contributed by atoms with Crippen LogP contribution in [0.4, 0.5) is 0 Å². The quantitative estimate of drug-likeness (QED) is 0.861. The summed E-state index contributed by atoms with van der Waals surface area (Å²) < 4.78 is 1.73. The molecule has 1 heterocycles. The molecule has 2 atom stereocenters. The monoisotopic (exact) mass is 229 g/mol. The number of rotatable bonds is 4. The fourth-order valence-corrected chi connectivity index (χ4v) is 2.22. The summed E-state index contributed by atoms with van der Waals surface area (Å²) in [5.41, 5.74) is 7.96. The third kappa shape index (κ3) is 3.21. The Balaban J connectivity index is 2.71. The number of hydrogen-bond donors (Lipinski definition) is 1. The zero-order valence-corrected chi connectivity index (χ0v) is 10.7. The predicted molar refractivity (Wildman–Crippen MR) is 64.1 cm³/mol. The second-order valence-electron chi connectivity index (χ2n) is 4.50. The topological polar surface area (TPSA) is 43.8 Å². The number of hydrogen-bond acceptors (Lipinski definition) is 2. The van der Waals surface area contributed by atoms with Crippen LogP contribution in [-0.2, 0) is 13.5 Å². The van der Waals surface area contributed by atoms with Crippen molar-refractivity contribution < 1.29 is 0 Å². The third-order valence-corrected chi connectivity index (χ3v) is 3.07. The van der Waals surface area contributed by atoms with Crippen LogP contribution in [0, 0.1) is 12.8 Å². The van der Waals surface area contributed by atoms with Crippen molar-refractivity contribution in [3.63, 3.8) is 0 Å². The van der Waals surface area contributed by atoms with Gasteiger partial charge in [0, 0.05) is 18.7 Å². The fourth-order valence-electron chi connectivity index (χ4n) is 1.97. The van der Waals surface area contributed by atoms with Crippen LogP contribution in [0.5, 0.6) is 0 Å². The highest BCUT2D eigenvalue weighted by molar-refractivity contribution is 6.30. The van der Waals surface area contributed by atoms with E-state index < -0.39 is 0 Å². The maximum atomic E-state index is 6.16. The highest BCUT2D eigenvalue weighted by Crippen LogP contribution is 2.23. The standard InChI is InChI=1S/C11H20ClN3/c1-7(5-8(2)13)6-10-9(3)14-15(4)11(10)12/h7-8H,5-6,13H2,1-4H3. The Morgan fingerprint density at radius 1 is 1.47 bits per heavy atom. The number of aromatic nitrogens is 2. The molecule has 0 aliphatic rings. The van der Waals surface area contributed by atoms with Gasteiger partial charge in [0.1, 0.15) is 5.15 Å². The van der Waals surface area contributed by atoms with Gasteiger partial charge in [0.05, 0.1) is 5.69 Å². The van der Waals surface area contributed by atoms with Gasteiger partial charge in [-0.15, -0.1) is 0 Å². The zero-order chi connectivity index (χ0) is 11.6. The normalized spacial score (nSPS) is 15.3. The summed E-state index contributed by atoms with van der Waals surface area (Å²) in [6.07, 6.45) is 1.98. The van der Waals surface area contributed by atoms with Gasteiger partial charge in [0.25, 0.3) is 0 Å². The summed E-state index contributed by atoms with van der Waals surface area (Å²) in [4.78, 5) is 0. The van der Waals surface area contributed by atoms with E-state index in [4.69, 9.17) is 17.3 Å². The summed E-state index contributed by atoms with van der Waals surface area (Å²) in [7, 11) is 1.87. The summed E-state index contributed by atoms with van der Waals surface area (Å²) in [5, 5.41) is 5.05. The summed E-state index contributed by atoms with van der Waals surface area (Å²) in [6, 6.07) is 0.246. The van der Waals surface area contributed by atoms with E-state index in [9.17, 15) is 0 Å². The Morgan fingerprint density at radius 3 is 2.47 bits per heavy atom. The minimum atomic E-state index is 0.246. The van der Waals surface area contributed by atoms with Crippen molar-refractivity contribution in [2.24, 2.45) is 18.7 Å². The van der Waals surface area contributed by atoms with Crippen LogP contribution in [0.15, 0.2) is 0 Å². The molecule has 0 aromatic carbocycles. The number of halogens is 1. The van der Waals surface area contributed by atoms with Gasteiger partial charge in [-0.05, 0) is 32.6 Å². The van der Waals surface area contributed by atoms with Crippen LogP contribution in [0.25, 0.3) is 0 Å². The Bertz CT molecular complexity index is 331. The van der Waals surface area contributed by atoms with Crippen LogP contribution in [-0.4, -0.2) is 15.8 Å². The maximum absolute atomic E-state index is 6.16. The maximum Gasteiger partial charge on any atom is 0.130 e. The second kappa shape index (κ2) is 4.99. The first-order chi connectivity index (χ1) is 6.91. The Hall–Kier alpha value is -0.540. The van der Waals surface area contributed by atoms with Crippen LogP contribution in [0.2, 0.25) is 5.15 Å². The third-order valence-electron chi connectivity index (χ3n) is 2.60. The van der Waals surface area contributed by atoms with Crippen molar-refractivity contribution in [1.29, 1.82) is 0 Å². The van der Waals surface area contributed by atoms with Gasteiger partial charge in [-0.2, -0.15) is 5.10 Å². The van der Waals surface area contributed by atoms with Crippen molar-refractivity contribution >= 4 is 11.6 Å². The molecule has 2 unspecified atom stereocenters. The SMILES string of the molecule is Cc1nn(C)c(Cl)c1CC(C)CC(C)N. The summed E-state index contributed by atoms with van der Waals surface area (Å²) in [5.74, 6) is 0.547. The van der Waals surface area contributed by atoms with Crippen molar-refractivity contribution in [2.75, 3.05) is 0 Å². The van der Waals surface area contributed by atoms with E-state index in [0.29, 0.717) is 5.92 Å². The van der Waals surface area contributed by atoms with Gasteiger partial charge < -0.3 is 5.73 Å². The van der Waals surface area contributed by atoms with Gasteiger partial charge in [-0.3, -0.25) is 4.68 Å². The molecule has 0 saturated carbocycles. The number of nitrogens with two attached hydrogens (primary N) is 1. The molecule has 2 N–H and O–H groups in total. The summed E-state index contributed by atoms with van der Waals surface area (Å²) in [6.45, 7) is 6.24. The molecule has 0 fully saturated rings. The Labute approximate surface area is 96.6 Å². The molecule has 1 aromatic rings. The molecular weight excluding hydrogens is 210 g/mol. The minimum absolute atomic E-state index is 0.246. The lowest BCUT2D eigenvalue weighted by Gasteiger charge is -2.13. The molecule has 0 saturated heterocycles. The largest absolute Gasteiger partial charge is 0.328 e. The highest BCUT2D eigenvalue weighted by atomic mass is 35.5. The first kappa shape index (κ1) is 12.5. The molecule has 0 aliphatic carbocycles. The molecule has 15 heavy (non-hydrogen) atoms. The van der Waals surface area contributed by atoms with Gasteiger partial charge >= 0.3 is 0 Å². The molecular formula is C11H20ClN3. The smallest absolute Gasteiger partial charge is 0.130 e. The molecule has 0 aliphatic heterocycles. The van der Waals surface area contributed by atoms with E-state index in [-0.39, 0.29) is 6.04 Å². The van der Waals surface area contributed by atoms with Crippen LogP contribution >= 0.6 is 11.6 Å². The van der Waals surface area contributed by atoms with Crippen LogP contribution in [0.1, 0.15) is 31.5 Å². The lowest BCUT2D eigenvalue weighted by atomic mass is 9.96. The average molecular weight is 230 g/mol. The van der Waals surface area contributed by atoms with Gasteiger partial charge in [0.2, 0.25) is 0 Å². The van der Waals surface area contributed by atoms with E-state index in [0.717, 1.165) is 29.3 Å². The van der Waals surface area contributed by atoms with E-state index >= 15 is 0 Å².